The number of nitrogens with one attached hydrogen (secondary N) is 2. The molecule has 0 fully saturated rings. The van der Waals surface area contributed by atoms with Crippen LogP contribution in [0, 0.1) is 5.92 Å². The summed E-state index contributed by atoms with van der Waals surface area (Å²) in [4.78, 5) is 11.8. The van der Waals surface area contributed by atoms with E-state index in [0.717, 1.165) is 12.2 Å². The van der Waals surface area contributed by atoms with Crippen molar-refractivity contribution in [2.75, 3.05) is 11.9 Å². The first-order valence-corrected chi connectivity index (χ1v) is 7.41. The number of carbonyl (C=O) groups is 1. The summed E-state index contributed by atoms with van der Waals surface area (Å²) < 4.78 is 5.68. The van der Waals surface area contributed by atoms with Crippen LogP contribution in [0.1, 0.15) is 34.1 Å². The normalized spacial score (nSPS) is 14.9. The van der Waals surface area contributed by atoms with Crippen LogP contribution in [0.5, 0.6) is 5.75 Å². The first-order valence-electron chi connectivity index (χ1n) is 7.41. The van der Waals surface area contributed by atoms with Crippen molar-refractivity contribution >= 4 is 11.7 Å². The van der Waals surface area contributed by atoms with Gasteiger partial charge in [-0.2, -0.15) is 0 Å². The van der Waals surface area contributed by atoms with Gasteiger partial charge in [-0.1, -0.05) is 13.8 Å². The highest BCUT2D eigenvalue weighted by atomic mass is 16.5. The lowest BCUT2D eigenvalue weighted by atomic mass is 10.1. The number of aliphatic hydroxyl groups excluding tert-OH is 1. The number of aliphatic hydroxyl groups is 1. The second-order valence-electron chi connectivity index (χ2n) is 5.41. The number of anilines is 1. The first kappa shape index (κ1) is 17.3. The van der Waals surface area contributed by atoms with E-state index in [1.807, 2.05) is 32.9 Å². The molecule has 3 atom stereocenters. The van der Waals surface area contributed by atoms with Crippen molar-refractivity contribution in [2.45, 2.75) is 46.3 Å². The fourth-order valence-electron chi connectivity index (χ4n) is 1.61. The monoisotopic (exact) mass is 294 g/mol. The molecule has 0 aromatic heterocycles. The van der Waals surface area contributed by atoms with Gasteiger partial charge in [-0.15, -0.1) is 0 Å². The zero-order valence-electron chi connectivity index (χ0n) is 13.2. The van der Waals surface area contributed by atoms with Crippen molar-refractivity contribution in [1.29, 1.82) is 0 Å². The highest BCUT2D eigenvalue weighted by Gasteiger charge is 2.13. The van der Waals surface area contributed by atoms with Gasteiger partial charge in [0.05, 0.1) is 6.10 Å². The zero-order chi connectivity index (χ0) is 15.8. The van der Waals surface area contributed by atoms with E-state index in [1.165, 1.54) is 0 Å². The number of amides is 2. The quantitative estimate of drug-likeness (QED) is 0.724. The first-order chi connectivity index (χ1) is 9.96. The van der Waals surface area contributed by atoms with Crippen molar-refractivity contribution in [2.24, 2.45) is 5.92 Å². The summed E-state index contributed by atoms with van der Waals surface area (Å²) in [6.07, 6.45) is 1.12. The van der Waals surface area contributed by atoms with Crippen LogP contribution in [-0.2, 0) is 0 Å². The van der Waals surface area contributed by atoms with Gasteiger partial charge in [-0.05, 0) is 50.5 Å². The zero-order valence-corrected chi connectivity index (χ0v) is 13.2. The number of urea groups is 1. The smallest absolute Gasteiger partial charge is 0.319 e. The summed E-state index contributed by atoms with van der Waals surface area (Å²) in [7, 11) is 0. The highest BCUT2D eigenvalue weighted by Crippen LogP contribution is 2.17. The molecule has 1 aromatic carbocycles. The SMILES string of the molecule is CC[C@H](C)Oc1ccc(NC(=O)N[C@@H](C)[C@@H](C)CO)cc1. The molecule has 2 amide bonds. The maximum atomic E-state index is 11.8. The van der Waals surface area contributed by atoms with Crippen LogP contribution in [0.2, 0.25) is 0 Å². The van der Waals surface area contributed by atoms with Gasteiger partial charge in [0, 0.05) is 18.3 Å². The predicted molar refractivity (Wildman–Crippen MR) is 84.7 cm³/mol. The molecular formula is C16H26N2O3. The van der Waals surface area contributed by atoms with Gasteiger partial charge in [0.2, 0.25) is 0 Å². The van der Waals surface area contributed by atoms with Gasteiger partial charge in [0.25, 0.3) is 0 Å². The molecule has 0 saturated carbocycles. The van der Waals surface area contributed by atoms with Crippen molar-refractivity contribution < 1.29 is 14.6 Å². The summed E-state index contributed by atoms with van der Waals surface area (Å²) >= 11 is 0. The Morgan fingerprint density at radius 3 is 2.38 bits per heavy atom. The molecule has 1 aromatic rings. The van der Waals surface area contributed by atoms with E-state index < -0.39 is 0 Å². The number of carbonyl (C=O) groups excluding carboxylic acids is 1. The van der Waals surface area contributed by atoms with Gasteiger partial charge in [-0.3, -0.25) is 0 Å². The van der Waals surface area contributed by atoms with Gasteiger partial charge >= 0.3 is 6.03 Å². The second kappa shape index (κ2) is 8.52. The molecule has 3 N–H and O–H groups in total. The van der Waals surface area contributed by atoms with E-state index in [4.69, 9.17) is 9.84 Å². The number of ether oxygens (including phenoxy) is 1. The van der Waals surface area contributed by atoms with E-state index in [-0.39, 0.29) is 30.7 Å². The maximum absolute atomic E-state index is 11.8. The van der Waals surface area contributed by atoms with E-state index >= 15 is 0 Å². The molecule has 0 bridgehead atoms. The molecule has 1 rings (SSSR count). The van der Waals surface area contributed by atoms with Crippen LogP contribution in [0.3, 0.4) is 0 Å². The molecule has 0 saturated heterocycles. The topological polar surface area (TPSA) is 70.6 Å². The molecule has 0 aliphatic rings. The minimum atomic E-state index is -0.279. The van der Waals surface area contributed by atoms with Crippen LogP contribution in [0.15, 0.2) is 24.3 Å². The van der Waals surface area contributed by atoms with Crippen molar-refractivity contribution in [3.63, 3.8) is 0 Å². The average Bonchev–Trinajstić information content (AvgIpc) is 2.48. The summed E-state index contributed by atoms with van der Waals surface area (Å²) in [5, 5.41) is 14.6. The van der Waals surface area contributed by atoms with Gasteiger partial charge in [-0.25, -0.2) is 4.79 Å². The van der Waals surface area contributed by atoms with E-state index in [2.05, 4.69) is 17.6 Å². The third-order valence-electron chi connectivity index (χ3n) is 3.52. The van der Waals surface area contributed by atoms with Gasteiger partial charge in [0.15, 0.2) is 0 Å². The molecule has 0 spiro atoms. The van der Waals surface area contributed by atoms with Crippen molar-refractivity contribution in [3.05, 3.63) is 24.3 Å². The molecule has 0 aliphatic heterocycles. The van der Waals surface area contributed by atoms with Crippen molar-refractivity contribution in [1.82, 2.24) is 5.32 Å². The van der Waals surface area contributed by atoms with Crippen LogP contribution in [0.4, 0.5) is 10.5 Å². The molecule has 5 heteroatoms. The number of rotatable bonds is 7. The molecule has 118 valence electrons. The fraction of sp³-hybridized carbons (Fsp3) is 0.562. The van der Waals surface area contributed by atoms with Crippen LogP contribution >= 0.6 is 0 Å². The van der Waals surface area contributed by atoms with Gasteiger partial charge < -0.3 is 20.5 Å². The third kappa shape index (κ3) is 6.04. The van der Waals surface area contributed by atoms with E-state index in [0.29, 0.717) is 5.69 Å². The molecule has 5 nitrogen and oxygen atoms in total. The molecular weight excluding hydrogens is 268 g/mol. The summed E-state index contributed by atoms with van der Waals surface area (Å²) in [6.45, 7) is 7.88. The Hall–Kier alpha value is -1.75. The Bertz CT molecular complexity index is 434. The summed E-state index contributed by atoms with van der Waals surface area (Å²) in [6, 6.07) is 6.90. The standard InChI is InChI=1S/C16H26N2O3/c1-5-12(3)21-15-8-6-14(7-9-15)18-16(20)17-13(4)11(2)10-19/h6-9,11-13,19H,5,10H2,1-4H3,(H2,17,18,20)/t11-,12-,13-/m0/s1. The number of hydrogen-bond donors (Lipinski definition) is 3. The Morgan fingerprint density at radius 2 is 1.86 bits per heavy atom. The second-order valence-corrected chi connectivity index (χ2v) is 5.41. The fourth-order valence-corrected chi connectivity index (χ4v) is 1.61. The Labute approximate surface area is 126 Å². The average molecular weight is 294 g/mol. The minimum absolute atomic E-state index is 0.0158. The largest absolute Gasteiger partial charge is 0.491 e. The number of benzene rings is 1. The van der Waals surface area contributed by atoms with E-state index in [9.17, 15) is 4.79 Å². The molecule has 21 heavy (non-hydrogen) atoms. The Kier molecular flexibility index (Phi) is 7.02. The predicted octanol–water partition coefficient (Wildman–Crippen LogP) is 3.00. The number of hydrogen-bond acceptors (Lipinski definition) is 3. The summed E-state index contributed by atoms with van der Waals surface area (Å²) in [5.74, 6) is 0.805. The summed E-state index contributed by atoms with van der Waals surface area (Å²) in [5.41, 5.74) is 0.702. The Balaban J connectivity index is 2.50. The molecule has 0 heterocycles. The maximum Gasteiger partial charge on any atom is 0.319 e. The lowest BCUT2D eigenvalue weighted by Gasteiger charge is -2.19. The van der Waals surface area contributed by atoms with Gasteiger partial charge in [0.1, 0.15) is 5.75 Å². The van der Waals surface area contributed by atoms with Crippen LogP contribution < -0.4 is 15.4 Å². The lowest BCUT2D eigenvalue weighted by Crippen LogP contribution is -2.40. The van der Waals surface area contributed by atoms with Crippen LogP contribution in [0.25, 0.3) is 0 Å². The Morgan fingerprint density at radius 1 is 1.24 bits per heavy atom. The van der Waals surface area contributed by atoms with Crippen molar-refractivity contribution in [3.8, 4) is 5.75 Å². The van der Waals surface area contributed by atoms with E-state index in [1.54, 1.807) is 12.1 Å². The molecule has 0 radical (unpaired) electrons. The molecule has 0 unspecified atom stereocenters. The lowest BCUT2D eigenvalue weighted by molar-refractivity contribution is 0.204. The third-order valence-corrected chi connectivity index (χ3v) is 3.52. The molecule has 0 aliphatic carbocycles. The minimum Gasteiger partial charge on any atom is -0.491 e. The highest BCUT2D eigenvalue weighted by molar-refractivity contribution is 5.89. The van der Waals surface area contributed by atoms with Crippen LogP contribution in [-0.4, -0.2) is 29.9 Å².